The van der Waals surface area contributed by atoms with Crippen LogP contribution in [0.25, 0.3) is 16.6 Å². The van der Waals surface area contributed by atoms with Crippen molar-refractivity contribution in [1.82, 2.24) is 19.6 Å². The van der Waals surface area contributed by atoms with Crippen molar-refractivity contribution in [3.63, 3.8) is 0 Å². The van der Waals surface area contributed by atoms with E-state index < -0.39 is 0 Å². The predicted octanol–water partition coefficient (Wildman–Crippen LogP) is 4.20. The Kier molecular flexibility index (Phi) is 4.55. The van der Waals surface area contributed by atoms with E-state index in [-0.39, 0.29) is 17.3 Å². The molecule has 142 valence electrons. The molecule has 4 rings (SSSR count). The Morgan fingerprint density at radius 2 is 1.71 bits per heavy atom. The van der Waals surface area contributed by atoms with Crippen LogP contribution in [-0.4, -0.2) is 19.6 Å². The summed E-state index contributed by atoms with van der Waals surface area (Å²) in [4.78, 5) is 13.3. The maximum Gasteiger partial charge on any atom is 0.293 e. The molecule has 0 aliphatic heterocycles. The van der Waals surface area contributed by atoms with Crippen LogP contribution in [0.15, 0.2) is 59.5 Å². The minimum absolute atomic E-state index is 0.123. The second-order valence-electron chi connectivity index (χ2n) is 7.28. The molecule has 0 radical (unpaired) electrons. The second-order valence-corrected chi connectivity index (χ2v) is 7.28. The molecule has 4 aromatic rings. The molecule has 0 atom stereocenters. The minimum atomic E-state index is -0.332. The van der Waals surface area contributed by atoms with Crippen molar-refractivity contribution >= 4 is 10.9 Å². The third-order valence-electron chi connectivity index (χ3n) is 4.78. The highest BCUT2D eigenvalue weighted by Gasteiger charge is 2.19. The third kappa shape index (κ3) is 3.22. The smallest absolute Gasteiger partial charge is 0.265 e. The first-order valence-corrected chi connectivity index (χ1v) is 9.24. The summed E-state index contributed by atoms with van der Waals surface area (Å²) in [6, 6.07) is 14.0. The first-order valence-electron chi connectivity index (χ1n) is 9.24. The summed E-state index contributed by atoms with van der Waals surface area (Å²) < 4.78 is 16.4. The lowest BCUT2D eigenvalue weighted by Crippen LogP contribution is -2.27. The van der Waals surface area contributed by atoms with E-state index in [0.717, 1.165) is 22.2 Å². The SMILES string of the molecule is Cc1ccc(Cn2nc(C(C)C)c3cnn(-c4ccc(F)cc4)c3c2=O)cc1. The van der Waals surface area contributed by atoms with Crippen LogP contribution >= 0.6 is 0 Å². The topological polar surface area (TPSA) is 52.7 Å². The van der Waals surface area contributed by atoms with Gasteiger partial charge in [0, 0.05) is 5.39 Å². The van der Waals surface area contributed by atoms with Crippen LogP contribution in [0.1, 0.15) is 36.6 Å². The second kappa shape index (κ2) is 7.03. The van der Waals surface area contributed by atoms with Gasteiger partial charge in [-0.05, 0) is 42.7 Å². The van der Waals surface area contributed by atoms with E-state index in [0.29, 0.717) is 17.7 Å². The van der Waals surface area contributed by atoms with E-state index in [1.54, 1.807) is 23.0 Å². The number of hydrogen-bond donors (Lipinski definition) is 0. The van der Waals surface area contributed by atoms with Crippen molar-refractivity contribution in [2.75, 3.05) is 0 Å². The van der Waals surface area contributed by atoms with Crippen molar-refractivity contribution in [2.24, 2.45) is 0 Å². The van der Waals surface area contributed by atoms with Crippen LogP contribution < -0.4 is 5.56 Å². The molecule has 2 aromatic carbocycles. The summed E-state index contributed by atoms with van der Waals surface area (Å²) >= 11 is 0. The number of halogens is 1. The molecule has 0 spiro atoms. The molecule has 5 nitrogen and oxygen atoms in total. The summed E-state index contributed by atoms with van der Waals surface area (Å²) in [5, 5.41) is 9.76. The predicted molar refractivity (Wildman–Crippen MR) is 107 cm³/mol. The first-order chi connectivity index (χ1) is 13.4. The maximum atomic E-state index is 13.3. The quantitative estimate of drug-likeness (QED) is 0.536. The Balaban J connectivity index is 1.92. The molecule has 0 N–H and O–H groups in total. The van der Waals surface area contributed by atoms with Crippen molar-refractivity contribution in [2.45, 2.75) is 33.2 Å². The molecule has 0 aliphatic carbocycles. The Morgan fingerprint density at radius 3 is 2.36 bits per heavy atom. The van der Waals surface area contributed by atoms with E-state index in [2.05, 4.69) is 10.2 Å². The Morgan fingerprint density at radius 1 is 1.04 bits per heavy atom. The van der Waals surface area contributed by atoms with Gasteiger partial charge in [0.15, 0.2) is 0 Å². The van der Waals surface area contributed by atoms with Gasteiger partial charge in [0.1, 0.15) is 11.3 Å². The van der Waals surface area contributed by atoms with Crippen molar-refractivity contribution in [3.8, 4) is 5.69 Å². The number of aryl methyl sites for hydroxylation is 1. The average molecular weight is 376 g/mol. The number of aromatic nitrogens is 4. The summed E-state index contributed by atoms with van der Waals surface area (Å²) in [7, 11) is 0. The lowest BCUT2D eigenvalue weighted by atomic mass is 10.1. The zero-order valence-corrected chi connectivity index (χ0v) is 16.1. The van der Waals surface area contributed by atoms with Crippen molar-refractivity contribution in [3.05, 3.63) is 87.7 Å². The molecule has 0 unspecified atom stereocenters. The molecular weight excluding hydrogens is 355 g/mol. The number of fused-ring (bicyclic) bond motifs is 1. The fourth-order valence-electron chi connectivity index (χ4n) is 3.27. The van der Waals surface area contributed by atoms with Crippen LogP contribution in [0.2, 0.25) is 0 Å². The summed E-state index contributed by atoms with van der Waals surface area (Å²) in [5.74, 6) is -0.209. The van der Waals surface area contributed by atoms with Crippen LogP contribution in [0, 0.1) is 12.7 Å². The molecule has 0 saturated heterocycles. The number of nitrogens with zero attached hydrogens (tertiary/aromatic N) is 4. The van der Waals surface area contributed by atoms with E-state index in [1.165, 1.54) is 16.8 Å². The highest BCUT2D eigenvalue weighted by Crippen LogP contribution is 2.23. The molecule has 0 saturated carbocycles. The number of hydrogen-bond acceptors (Lipinski definition) is 3. The number of rotatable bonds is 4. The monoisotopic (exact) mass is 376 g/mol. The summed E-state index contributed by atoms with van der Waals surface area (Å²) in [5.41, 5.74) is 3.85. The Bertz CT molecular complexity index is 1190. The van der Waals surface area contributed by atoms with E-state index in [1.807, 2.05) is 45.0 Å². The lowest BCUT2D eigenvalue weighted by Gasteiger charge is -2.12. The van der Waals surface area contributed by atoms with E-state index in [4.69, 9.17) is 0 Å². The van der Waals surface area contributed by atoms with Crippen LogP contribution in [0.4, 0.5) is 4.39 Å². The van der Waals surface area contributed by atoms with Gasteiger partial charge < -0.3 is 0 Å². The van der Waals surface area contributed by atoms with Crippen LogP contribution in [0.5, 0.6) is 0 Å². The molecule has 28 heavy (non-hydrogen) atoms. The average Bonchev–Trinajstić information content (AvgIpc) is 3.11. The zero-order valence-electron chi connectivity index (χ0n) is 16.1. The molecule has 0 amide bonds. The maximum absolute atomic E-state index is 13.3. The fourth-order valence-corrected chi connectivity index (χ4v) is 3.27. The lowest BCUT2D eigenvalue weighted by molar-refractivity contribution is 0.612. The molecule has 2 aromatic heterocycles. The molecule has 6 heteroatoms. The van der Waals surface area contributed by atoms with Crippen molar-refractivity contribution < 1.29 is 4.39 Å². The normalized spacial score (nSPS) is 11.5. The van der Waals surface area contributed by atoms with Gasteiger partial charge in [-0.3, -0.25) is 4.79 Å². The molecule has 0 fully saturated rings. The fraction of sp³-hybridized carbons (Fsp3) is 0.227. The molecule has 2 heterocycles. The highest BCUT2D eigenvalue weighted by molar-refractivity contribution is 5.82. The summed E-state index contributed by atoms with van der Waals surface area (Å²) in [6.45, 7) is 6.48. The van der Waals surface area contributed by atoms with Crippen LogP contribution in [-0.2, 0) is 6.54 Å². The zero-order chi connectivity index (χ0) is 19.8. The first kappa shape index (κ1) is 18.1. The van der Waals surface area contributed by atoms with E-state index in [9.17, 15) is 9.18 Å². The molecular formula is C22H21FN4O. The van der Waals surface area contributed by atoms with Gasteiger partial charge in [-0.25, -0.2) is 13.8 Å². The van der Waals surface area contributed by atoms with Gasteiger partial charge in [0.05, 0.1) is 24.1 Å². The Hall–Kier alpha value is -3.28. The van der Waals surface area contributed by atoms with Gasteiger partial charge in [0.2, 0.25) is 0 Å². The van der Waals surface area contributed by atoms with Gasteiger partial charge >= 0.3 is 0 Å². The van der Waals surface area contributed by atoms with E-state index >= 15 is 0 Å². The third-order valence-corrected chi connectivity index (χ3v) is 4.78. The van der Waals surface area contributed by atoms with Crippen LogP contribution in [0.3, 0.4) is 0 Å². The highest BCUT2D eigenvalue weighted by atomic mass is 19.1. The van der Waals surface area contributed by atoms with Gasteiger partial charge in [-0.1, -0.05) is 43.7 Å². The Labute approximate surface area is 162 Å². The van der Waals surface area contributed by atoms with Gasteiger partial charge in [-0.15, -0.1) is 0 Å². The number of benzene rings is 2. The standard InChI is InChI=1S/C22H21FN4O/c1-14(2)20-19-12-24-27(18-10-8-17(23)9-11-18)21(19)22(28)26(25-20)13-16-6-4-15(3)5-7-16/h4-12,14H,13H2,1-3H3. The van der Waals surface area contributed by atoms with Gasteiger partial charge in [-0.2, -0.15) is 10.2 Å². The minimum Gasteiger partial charge on any atom is -0.265 e. The largest absolute Gasteiger partial charge is 0.293 e. The molecule has 0 aliphatic rings. The summed E-state index contributed by atoms with van der Waals surface area (Å²) in [6.07, 6.45) is 1.67. The van der Waals surface area contributed by atoms with Gasteiger partial charge in [0.25, 0.3) is 5.56 Å². The molecule has 0 bridgehead atoms. The van der Waals surface area contributed by atoms with Crippen molar-refractivity contribution in [1.29, 1.82) is 0 Å².